The highest BCUT2D eigenvalue weighted by Crippen LogP contribution is 1.99. The van der Waals surface area contributed by atoms with Crippen molar-refractivity contribution in [3.8, 4) is 0 Å². The molecule has 0 atom stereocenters. The average Bonchev–Trinajstić information content (AvgIpc) is 1.80. The van der Waals surface area contributed by atoms with Gasteiger partial charge in [-0.05, 0) is 12.5 Å². The number of allylic oxidation sites excluding steroid dienone is 1. The number of unbranched alkanes of at least 4 members (excludes halogenated alkanes) is 1. The molecule has 0 rings (SSSR count). The molecule has 0 spiro atoms. The molecule has 0 aliphatic carbocycles. The monoisotopic (exact) mass is 165 g/mol. The maximum absolute atomic E-state index is 10.3. The molecule has 0 amide bonds. The van der Waals surface area contributed by atoms with E-state index in [4.69, 9.17) is 5.11 Å². The van der Waals surface area contributed by atoms with E-state index in [0.29, 0.717) is 6.42 Å². The summed E-state index contributed by atoms with van der Waals surface area (Å²) < 4.78 is 20.6. The Morgan fingerprint density at radius 3 is 2.50 bits per heavy atom. The lowest BCUT2D eigenvalue weighted by atomic mass is 10.3. The Bertz CT molecular complexity index is 217. The average molecular weight is 165 g/mol. The zero-order valence-corrected chi connectivity index (χ0v) is 6.56. The van der Waals surface area contributed by atoms with Crippen LogP contribution in [0.3, 0.4) is 0 Å². The molecule has 4 nitrogen and oxygen atoms in total. The molecule has 0 heterocycles. The second kappa shape index (κ2) is 3.58. The van der Waals surface area contributed by atoms with Crippen LogP contribution in [0.5, 0.6) is 0 Å². The van der Waals surface area contributed by atoms with Crippen molar-refractivity contribution < 1.29 is 13.5 Å². The molecule has 60 valence electrons. The van der Waals surface area contributed by atoms with Crippen LogP contribution in [-0.4, -0.2) is 13.5 Å². The van der Waals surface area contributed by atoms with Crippen molar-refractivity contribution in [1.29, 1.82) is 0 Å². The van der Waals surface area contributed by atoms with Crippen LogP contribution in [0.15, 0.2) is 11.2 Å². The molecule has 0 saturated heterocycles. The van der Waals surface area contributed by atoms with Crippen molar-refractivity contribution in [1.82, 2.24) is 0 Å². The standard InChI is InChI=1S/C5H11NO3S/c1-2-3-4-5(7)10(6,8)9/h4,7H,2-3H2,1H3,(H2,6,8,9)/b5-4+. The smallest absolute Gasteiger partial charge is 0.270 e. The van der Waals surface area contributed by atoms with E-state index in [1.54, 1.807) is 0 Å². The molecule has 0 aliphatic rings. The molecule has 0 aromatic rings. The maximum Gasteiger partial charge on any atom is 0.270 e. The minimum atomic E-state index is -3.86. The van der Waals surface area contributed by atoms with Gasteiger partial charge in [0.1, 0.15) is 0 Å². The number of rotatable bonds is 3. The third-order valence-corrected chi connectivity index (χ3v) is 1.65. The van der Waals surface area contributed by atoms with Crippen LogP contribution in [-0.2, 0) is 10.0 Å². The Kier molecular flexibility index (Phi) is 3.38. The molecule has 0 saturated carbocycles. The van der Waals surface area contributed by atoms with E-state index in [1.807, 2.05) is 6.92 Å². The van der Waals surface area contributed by atoms with Gasteiger partial charge in [-0.15, -0.1) is 0 Å². The lowest BCUT2D eigenvalue weighted by Crippen LogP contribution is -2.14. The number of aliphatic hydroxyl groups is 1. The third kappa shape index (κ3) is 3.47. The highest BCUT2D eigenvalue weighted by atomic mass is 32.2. The SMILES string of the molecule is CCC/C=C(\O)S(N)(=O)=O. The summed E-state index contributed by atoms with van der Waals surface area (Å²) >= 11 is 0. The summed E-state index contributed by atoms with van der Waals surface area (Å²) in [4.78, 5) is 0. The first kappa shape index (κ1) is 9.45. The molecule has 0 aliphatic heterocycles. The normalized spacial score (nSPS) is 13.6. The van der Waals surface area contributed by atoms with Gasteiger partial charge in [-0.3, -0.25) is 0 Å². The van der Waals surface area contributed by atoms with Gasteiger partial charge in [0.15, 0.2) is 0 Å². The Morgan fingerprint density at radius 2 is 2.20 bits per heavy atom. The minimum Gasteiger partial charge on any atom is -0.498 e. The predicted octanol–water partition coefficient (Wildman–Crippen LogP) is 0.474. The van der Waals surface area contributed by atoms with Gasteiger partial charge in [0.05, 0.1) is 0 Å². The van der Waals surface area contributed by atoms with Gasteiger partial charge in [-0.1, -0.05) is 13.3 Å². The van der Waals surface area contributed by atoms with Gasteiger partial charge in [0.2, 0.25) is 5.09 Å². The number of aliphatic hydroxyl groups excluding tert-OH is 1. The minimum absolute atomic E-state index is 0.516. The first-order valence-corrected chi connectivity index (χ1v) is 4.45. The van der Waals surface area contributed by atoms with Gasteiger partial charge >= 0.3 is 0 Å². The summed E-state index contributed by atoms with van der Waals surface area (Å²) in [6, 6.07) is 0. The van der Waals surface area contributed by atoms with E-state index < -0.39 is 15.1 Å². The Morgan fingerprint density at radius 1 is 1.70 bits per heavy atom. The number of nitrogens with two attached hydrogens (primary N) is 1. The van der Waals surface area contributed by atoms with Gasteiger partial charge in [0, 0.05) is 0 Å². The number of primary sulfonamides is 1. The van der Waals surface area contributed by atoms with E-state index in [0.717, 1.165) is 6.42 Å². The van der Waals surface area contributed by atoms with Crippen LogP contribution in [0.25, 0.3) is 0 Å². The van der Waals surface area contributed by atoms with Crippen LogP contribution in [0.1, 0.15) is 19.8 Å². The molecule has 0 radical (unpaired) electrons. The molecule has 5 heteroatoms. The molecule has 0 bridgehead atoms. The highest BCUT2D eigenvalue weighted by molar-refractivity contribution is 7.92. The number of hydrogen-bond acceptors (Lipinski definition) is 3. The van der Waals surface area contributed by atoms with Crippen molar-refractivity contribution in [2.75, 3.05) is 0 Å². The van der Waals surface area contributed by atoms with Crippen LogP contribution in [0, 0.1) is 0 Å². The largest absolute Gasteiger partial charge is 0.498 e. The zero-order valence-electron chi connectivity index (χ0n) is 5.74. The van der Waals surface area contributed by atoms with E-state index in [2.05, 4.69) is 5.14 Å². The van der Waals surface area contributed by atoms with Crippen molar-refractivity contribution in [3.63, 3.8) is 0 Å². The fourth-order valence-corrected chi connectivity index (χ4v) is 0.734. The van der Waals surface area contributed by atoms with E-state index in [-0.39, 0.29) is 0 Å². The molecule has 10 heavy (non-hydrogen) atoms. The Hall–Kier alpha value is -0.550. The van der Waals surface area contributed by atoms with Crippen molar-refractivity contribution in [2.45, 2.75) is 19.8 Å². The van der Waals surface area contributed by atoms with Crippen LogP contribution in [0.4, 0.5) is 0 Å². The molecule has 0 aromatic heterocycles. The summed E-state index contributed by atoms with van der Waals surface area (Å²) in [7, 11) is -3.86. The van der Waals surface area contributed by atoms with Crippen molar-refractivity contribution in [2.24, 2.45) is 5.14 Å². The van der Waals surface area contributed by atoms with E-state index >= 15 is 0 Å². The highest BCUT2D eigenvalue weighted by Gasteiger charge is 2.06. The third-order valence-electron chi connectivity index (χ3n) is 0.899. The van der Waals surface area contributed by atoms with Gasteiger partial charge < -0.3 is 5.11 Å². The summed E-state index contributed by atoms with van der Waals surface area (Å²) in [6.45, 7) is 1.87. The lowest BCUT2D eigenvalue weighted by Gasteiger charge is -1.93. The molecule has 0 fully saturated rings. The summed E-state index contributed by atoms with van der Waals surface area (Å²) in [5.41, 5.74) is 0. The van der Waals surface area contributed by atoms with Gasteiger partial charge in [0.25, 0.3) is 10.0 Å². The predicted molar refractivity (Wildman–Crippen MR) is 38.7 cm³/mol. The quantitative estimate of drug-likeness (QED) is 0.596. The first-order valence-electron chi connectivity index (χ1n) is 2.90. The van der Waals surface area contributed by atoms with Gasteiger partial charge in [-0.25, -0.2) is 13.6 Å². The Labute approximate surface area is 60.4 Å². The maximum atomic E-state index is 10.3. The van der Waals surface area contributed by atoms with E-state index in [1.165, 1.54) is 6.08 Å². The van der Waals surface area contributed by atoms with Crippen molar-refractivity contribution >= 4 is 10.0 Å². The number of sulfonamides is 1. The molecular weight excluding hydrogens is 154 g/mol. The lowest BCUT2D eigenvalue weighted by molar-refractivity contribution is 0.436. The van der Waals surface area contributed by atoms with Crippen LogP contribution >= 0.6 is 0 Å². The second-order valence-electron chi connectivity index (χ2n) is 1.88. The fourth-order valence-electron chi connectivity index (χ4n) is 0.384. The zero-order chi connectivity index (χ0) is 8.20. The van der Waals surface area contributed by atoms with Gasteiger partial charge in [-0.2, -0.15) is 0 Å². The summed E-state index contributed by atoms with van der Waals surface area (Å²) in [5, 5.41) is 12.5. The molecular formula is C5H11NO3S. The van der Waals surface area contributed by atoms with E-state index in [9.17, 15) is 8.42 Å². The molecule has 0 aromatic carbocycles. The topological polar surface area (TPSA) is 80.4 Å². The summed E-state index contributed by atoms with van der Waals surface area (Å²) in [5.74, 6) is 0. The molecule has 3 N–H and O–H groups in total. The van der Waals surface area contributed by atoms with Crippen molar-refractivity contribution in [3.05, 3.63) is 11.2 Å². The van der Waals surface area contributed by atoms with Crippen LogP contribution in [0.2, 0.25) is 0 Å². The fraction of sp³-hybridized carbons (Fsp3) is 0.600. The Balaban J connectivity index is 4.22. The van der Waals surface area contributed by atoms with Crippen LogP contribution < -0.4 is 5.14 Å². The molecule has 0 unspecified atom stereocenters. The number of hydrogen-bond donors (Lipinski definition) is 2. The summed E-state index contributed by atoms with van der Waals surface area (Å²) in [6.07, 6.45) is 2.48. The second-order valence-corrected chi connectivity index (χ2v) is 3.38. The first-order chi connectivity index (χ1) is 4.48.